The van der Waals surface area contributed by atoms with E-state index in [2.05, 4.69) is 27.9 Å². The van der Waals surface area contributed by atoms with Crippen molar-refractivity contribution in [3.63, 3.8) is 0 Å². The van der Waals surface area contributed by atoms with Crippen LogP contribution in [0.2, 0.25) is 0 Å². The number of piperazine rings is 1. The van der Waals surface area contributed by atoms with Gasteiger partial charge in [0.1, 0.15) is 18.2 Å². The predicted molar refractivity (Wildman–Crippen MR) is 158 cm³/mol. The van der Waals surface area contributed by atoms with Gasteiger partial charge in [-0.2, -0.15) is 5.26 Å². The molecule has 1 aromatic heterocycles. The van der Waals surface area contributed by atoms with Crippen molar-refractivity contribution in [2.75, 3.05) is 63.2 Å². The Morgan fingerprint density at radius 3 is 2.65 bits per heavy atom. The summed E-state index contributed by atoms with van der Waals surface area (Å²) in [6.45, 7) is 5.13. The van der Waals surface area contributed by atoms with Crippen molar-refractivity contribution in [2.24, 2.45) is 0 Å². The lowest BCUT2D eigenvalue weighted by molar-refractivity contribution is -0.125. The summed E-state index contributed by atoms with van der Waals surface area (Å²) in [5.74, 6) is -0.454. The van der Waals surface area contributed by atoms with Gasteiger partial charge in [0, 0.05) is 63.1 Å². The molecule has 5 rings (SSSR count). The number of benzene rings is 2. The fourth-order valence-electron chi connectivity index (χ4n) is 5.55. The number of nitriles is 1. The van der Waals surface area contributed by atoms with Gasteiger partial charge in [-0.1, -0.05) is 12.2 Å². The fraction of sp³-hybridized carbons (Fsp3) is 0.400. The van der Waals surface area contributed by atoms with Crippen LogP contribution >= 0.6 is 12.2 Å². The molecule has 0 bridgehead atoms. The number of ether oxygens (including phenoxy) is 1. The average Bonchev–Trinajstić information content (AvgIpc) is 2.95. The fourth-order valence-corrected chi connectivity index (χ4v) is 5.88. The first-order chi connectivity index (χ1) is 19.4. The van der Waals surface area contributed by atoms with Crippen LogP contribution in [0, 0.1) is 17.1 Å². The maximum atomic E-state index is 15.2. The van der Waals surface area contributed by atoms with E-state index in [0.29, 0.717) is 47.3 Å². The highest BCUT2D eigenvalue weighted by atomic mass is 32.1. The Morgan fingerprint density at radius 1 is 1.23 bits per heavy atom. The van der Waals surface area contributed by atoms with Gasteiger partial charge in [-0.25, -0.2) is 4.39 Å². The molecule has 2 aliphatic rings. The molecule has 1 saturated heterocycles. The van der Waals surface area contributed by atoms with Crippen LogP contribution in [-0.2, 0) is 4.79 Å². The van der Waals surface area contributed by atoms with Gasteiger partial charge in [-0.05, 0) is 62.7 Å². The van der Waals surface area contributed by atoms with Crippen LogP contribution in [0.3, 0.4) is 0 Å². The molecular weight excluding hydrogens is 527 g/mol. The minimum absolute atomic E-state index is 0.150. The molecule has 0 N–H and O–H groups in total. The van der Waals surface area contributed by atoms with Gasteiger partial charge in [0.05, 0.1) is 22.3 Å². The molecule has 0 unspecified atom stereocenters. The monoisotopic (exact) mass is 560 g/mol. The molecule has 2 heterocycles. The molecular formula is C30H33FN6O2S. The number of fused-ring (bicyclic) bond motifs is 1. The van der Waals surface area contributed by atoms with Crippen LogP contribution in [-0.4, -0.2) is 85.1 Å². The number of carbonyl (C=O) groups is 1. The van der Waals surface area contributed by atoms with Crippen LogP contribution in [0.15, 0.2) is 48.7 Å². The zero-order chi connectivity index (χ0) is 28.3. The van der Waals surface area contributed by atoms with Crippen molar-refractivity contribution < 1.29 is 13.9 Å². The number of thiocarbonyl (C=S) groups is 1. The number of amides is 1. The SMILES string of the molecule is CN1CCN(CCOc2ccc(N(C=S)C3(C(=O)N(C)c4ccc(C#N)c5ncccc45)CCC3)cc2F)CC1. The minimum atomic E-state index is -0.935. The summed E-state index contributed by atoms with van der Waals surface area (Å²) in [4.78, 5) is 26.4. The minimum Gasteiger partial charge on any atom is -0.489 e. The zero-order valence-corrected chi connectivity index (χ0v) is 23.7. The molecule has 1 aliphatic heterocycles. The third kappa shape index (κ3) is 5.24. The first-order valence-corrected chi connectivity index (χ1v) is 14.0. The van der Waals surface area contributed by atoms with E-state index in [1.54, 1.807) is 53.4 Å². The van der Waals surface area contributed by atoms with Crippen molar-refractivity contribution >= 4 is 45.9 Å². The van der Waals surface area contributed by atoms with Crippen LogP contribution < -0.4 is 14.5 Å². The number of pyridine rings is 1. The second-order valence-electron chi connectivity index (χ2n) is 10.5. The second-order valence-corrected chi connectivity index (χ2v) is 10.7. The Hall–Kier alpha value is -3.65. The molecule has 0 spiro atoms. The van der Waals surface area contributed by atoms with E-state index in [-0.39, 0.29) is 11.7 Å². The molecule has 10 heteroatoms. The number of hydrogen-bond acceptors (Lipinski definition) is 7. The second kappa shape index (κ2) is 11.8. The van der Waals surface area contributed by atoms with Crippen LogP contribution in [0.1, 0.15) is 24.8 Å². The summed E-state index contributed by atoms with van der Waals surface area (Å²) in [7, 11) is 3.83. The highest BCUT2D eigenvalue weighted by Gasteiger charge is 2.50. The third-order valence-electron chi connectivity index (χ3n) is 8.13. The number of anilines is 2. The van der Waals surface area contributed by atoms with Crippen molar-refractivity contribution in [2.45, 2.75) is 24.8 Å². The Labute approximate surface area is 239 Å². The van der Waals surface area contributed by atoms with Crippen LogP contribution in [0.25, 0.3) is 10.9 Å². The predicted octanol–water partition coefficient (Wildman–Crippen LogP) is 4.22. The van der Waals surface area contributed by atoms with Crippen molar-refractivity contribution in [1.29, 1.82) is 5.26 Å². The summed E-state index contributed by atoms with van der Waals surface area (Å²) >= 11 is 5.38. The molecule has 2 fully saturated rings. The molecule has 8 nitrogen and oxygen atoms in total. The number of rotatable bonds is 9. The van der Waals surface area contributed by atoms with Crippen molar-refractivity contribution in [3.8, 4) is 11.8 Å². The number of nitrogens with zero attached hydrogens (tertiary/aromatic N) is 6. The largest absolute Gasteiger partial charge is 0.489 e. The van der Waals surface area contributed by atoms with Crippen molar-refractivity contribution in [3.05, 3.63) is 60.0 Å². The molecule has 0 radical (unpaired) electrons. The number of carbonyl (C=O) groups excluding carboxylic acids is 1. The van der Waals surface area contributed by atoms with E-state index >= 15 is 4.39 Å². The Morgan fingerprint density at radius 2 is 2.00 bits per heavy atom. The quantitative estimate of drug-likeness (QED) is 0.360. The lowest BCUT2D eigenvalue weighted by atomic mass is 9.74. The summed E-state index contributed by atoms with van der Waals surface area (Å²) in [6.07, 6.45) is 3.65. The highest BCUT2D eigenvalue weighted by molar-refractivity contribution is 7.79. The first kappa shape index (κ1) is 27.9. The summed E-state index contributed by atoms with van der Waals surface area (Å²) < 4.78 is 21.0. The topological polar surface area (TPSA) is 75.9 Å². The van der Waals surface area contributed by atoms with Gasteiger partial charge in [0.25, 0.3) is 5.91 Å². The van der Waals surface area contributed by atoms with E-state index in [4.69, 9.17) is 17.0 Å². The molecule has 40 heavy (non-hydrogen) atoms. The molecule has 1 saturated carbocycles. The molecule has 208 valence electrons. The zero-order valence-electron chi connectivity index (χ0n) is 22.8. The van der Waals surface area contributed by atoms with Crippen molar-refractivity contribution in [1.82, 2.24) is 14.8 Å². The number of hydrogen-bond donors (Lipinski definition) is 0. The van der Waals surface area contributed by atoms with Gasteiger partial charge in [0.2, 0.25) is 0 Å². The van der Waals surface area contributed by atoms with Gasteiger partial charge >= 0.3 is 0 Å². The molecule has 1 amide bonds. The molecule has 3 aromatic rings. The maximum absolute atomic E-state index is 15.2. The van der Waals surface area contributed by atoms with Crippen LogP contribution in [0.5, 0.6) is 5.75 Å². The molecule has 1 aliphatic carbocycles. The average molecular weight is 561 g/mol. The Balaban J connectivity index is 1.34. The first-order valence-electron chi connectivity index (χ1n) is 13.5. The van der Waals surface area contributed by atoms with Crippen LogP contribution in [0.4, 0.5) is 15.8 Å². The normalized spacial score (nSPS) is 17.1. The smallest absolute Gasteiger partial charge is 0.252 e. The standard InChI is InChI=1S/C30H33FN6O2S/c1-34-13-15-36(16-14-34)17-18-39-27-9-7-23(19-25(27)31)37(21-40)30(10-4-11-30)29(38)35(2)26-8-6-22(20-32)28-24(26)5-3-12-33-28/h3,5-9,12,19,21H,4,10-11,13-18H2,1-2H3. The van der Waals surface area contributed by atoms with E-state index < -0.39 is 11.4 Å². The third-order valence-corrected chi connectivity index (χ3v) is 8.34. The maximum Gasteiger partial charge on any atom is 0.252 e. The van der Waals surface area contributed by atoms with Gasteiger partial charge in [0.15, 0.2) is 11.6 Å². The summed E-state index contributed by atoms with van der Waals surface area (Å²) in [5.41, 5.74) is 2.65. The van der Waals surface area contributed by atoms with Gasteiger partial charge < -0.3 is 19.4 Å². The molecule has 0 atom stereocenters. The Kier molecular flexibility index (Phi) is 8.26. The summed E-state index contributed by atoms with van der Waals surface area (Å²) in [5, 5.41) is 10.2. The highest BCUT2D eigenvalue weighted by Crippen LogP contribution is 2.43. The van der Waals surface area contributed by atoms with E-state index in [1.165, 1.54) is 11.6 Å². The van der Waals surface area contributed by atoms with E-state index in [1.807, 2.05) is 6.07 Å². The van der Waals surface area contributed by atoms with Gasteiger partial charge in [-0.3, -0.25) is 14.7 Å². The number of likely N-dealkylation sites (N-methyl/N-ethyl adjacent to an activating group) is 2. The van der Waals surface area contributed by atoms with E-state index in [0.717, 1.165) is 39.1 Å². The molecule has 2 aromatic carbocycles. The number of aromatic nitrogens is 1. The summed E-state index contributed by atoms with van der Waals surface area (Å²) in [6, 6.07) is 14.0. The lowest BCUT2D eigenvalue weighted by Gasteiger charge is -2.49. The lowest BCUT2D eigenvalue weighted by Crippen LogP contribution is -2.63. The Bertz CT molecular complexity index is 1450. The van der Waals surface area contributed by atoms with Gasteiger partial charge in [-0.15, -0.1) is 0 Å². The van der Waals surface area contributed by atoms with E-state index in [9.17, 15) is 10.1 Å². The number of halogens is 1.